The predicted molar refractivity (Wildman–Crippen MR) is 84.1 cm³/mol. The first-order valence-electron chi connectivity index (χ1n) is 7.50. The molecule has 0 aliphatic heterocycles. The van der Waals surface area contributed by atoms with Crippen LogP contribution in [0.25, 0.3) is 5.95 Å². The summed E-state index contributed by atoms with van der Waals surface area (Å²) in [5, 5.41) is 3.17. The summed E-state index contributed by atoms with van der Waals surface area (Å²) in [6, 6.07) is 0. The first kappa shape index (κ1) is 15.2. The van der Waals surface area contributed by atoms with Crippen LogP contribution in [-0.2, 0) is 6.42 Å². The molecule has 114 valence electrons. The van der Waals surface area contributed by atoms with Crippen LogP contribution in [0.4, 0.5) is 11.9 Å². The van der Waals surface area contributed by atoms with Gasteiger partial charge in [-0.25, -0.2) is 4.98 Å². The number of nitrogens with one attached hydrogen (secondary N) is 1. The molecule has 0 aliphatic carbocycles. The van der Waals surface area contributed by atoms with Crippen molar-refractivity contribution in [3.8, 4) is 5.95 Å². The normalized spacial score (nSPS) is 10.7. The van der Waals surface area contributed by atoms with E-state index in [0.29, 0.717) is 17.8 Å². The van der Waals surface area contributed by atoms with E-state index in [0.717, 1.165) is 31.9 Å². The van der Waals surface area contributed by atoms with Gasteiger partial charge in [-0.2, -0.15) is 15.0 Å². The number of hydrogen-bond acceptors (Lipinski definition) is 6. The Morgan fingerprint density at radius 2 is 1.86 bits per heavy atom. The average molecular weight is 289 g/mol. The van der Waals surface area contributed by atoms with Crippen LogP contribution in [0.1, 0.15) is 33.5 Å². The molecule has 2 heterocycles. The van der Waals surface area contributed by atoms with E-state index in [-0.39, 0.29) is 0 Å². The molecule has 0 unspecified atom stereocenters. The van der Waals surface area contributed by atoms with E-state index in [4.69, 9.17) is 0 Å². The molecule has 0 bridgehead atoms. The fourth-order valence-corrected chi connectivity index (χ4v) is 2.12. The summed E-state index contributed by atoms with van der Waals surface area (Å²) in [5.41, 5.74) is 0. The number of nitrogens with zero attached hydrogens (tertiary/aromatic N) is 6. The van der Waals surface area contributed by atoms with Crippen LogP contribution in [-0.4, -0.2) is 44.1 Å². The number of aryl methyl sites for hydroxylation is 1. The van der Waals surface area contributed by atoms with Crippen LogP contribution in [0.5, 0.6) is 0 Å². The summed E-state index contributed by atoms with van der Waals surface area (Å²) in [5.74, 6) is 2.84. The molecule has 0 saturated heterocycles. The third-order valence-electron chi connectivity index (χ3n) is 3.24. The van der Waals surface area contributed by atoms with Gasteiger partial charge in [-0.3, -0.25) is 4.57 Å². The molecule has 0 aromatic carbocycles. The lowest BCUT2D eigenvalue weighted by molar-refractivity contribution is 0.778. The lowest BCUT2D eigenvalue weighted by atomic mass is 10.4. The Morgan fingerprint density at radius 3 is 2.48 bits per heavy atom. The lowest BCUT2D eigenvalue weighted by Crippen LogP contribution is -2.26. The Kier molecular flexibility index (Phi) is 5.08. The number of anilines is 2. The Balaban J connectivity index is 2.49. The Morgan fingerprint density at radius 1 is 1.10 bits per heavy atom. The smallest absolute Gasteiger partial charge is 0.241 e. The van der Waals surface area contributed by atoms with E-state index < -0.39 is 0 Å². The first-order chi connectivity index (χ1) is 10.2. The molecule has 2 aromatic heterocycles. The van der Waals surface area contributed by atoms with Crippen molar-refractivity contribution in [3.63, 3.8) is 0 Å². The van der Waals surface area contributed by atoms with Crippen LogP contribution in [0.3, 0.4) is 0 Å². The van der Waals surface area contributed by atoms with Crippen LogP contribution in [0.2, 0.25) is 0 Å². The van der Waals surface area contributed by atoms with Crippen molar-refractivity contribution in [1.82, 2.24) is 24.5 Å². The van der Waals surface area contributed by atoms with Crippen molar-refractivity contribution in [2.75, 3.05) is 29.9 Å². The van der Waals surface area contributed by atoms with Gasteiger partial charge in [0.15, 0.2) is 0 Å². The second kappa shape index (κ2) is 7.01. The van der Waals surface area contributed by atoms with Gasteiger partial charge in [-0.15, -0.1) is 0 Å². The van der Waals surface area contributed by atoms with Crippen molar-refractivity contribution in [3.05, 3.63) is 18.2 Å². The molecule has 0 amide bonds. The zero-order chi connectivity index (χ0) is 15.2. The van der Waals surface area contributed by atoms with Gasteiger partial charge in [0, 0.05) is 38.4 Å². The third-order valence-corrected chi connectivity index (χ3v) is 3.24. The first-order valence-corrected chi connectivity index (χ1v) is 7.50. The van der Waals surface area contributed by atoms with Gasteiger partial charge in [0.2, 0.25) is 17.8 Å². The van der Waals surface area contributed by atoms with Crippen molar-refractivity contribution < 1.29 is 0 Å². The standard InChI is InChI=1S/C14H23N7/c1-5-11-16-9-10-21(11)14-18-12(15-6-2)17-13(19-14)20(7-3)8-4/h9-10H,5-8H2,1-4H3,(H,15,17,18,19). The number of rotatable bonds is 7. The molecule has 1 N–H and O–H groups in total. The molecule has 21 heavy (non-hydrogen) atoms. The minimum atomic E-state index is 0.597. The Bertz CT molecular complexity index is 574. The summed E-state index contributed by atoms with van der Waals surface area (Å²) in [6.45, 7) is 10.8. The van der Waals surface area contributed by atoms with E-state index in [9.17, 15) is 0 Å². The van der Waals surface area contributed by atoms with Gasteiger partial charge in [0.1, 0.15) is 5.82 Å². The largest absolute Gasteiger partial charge is 0.354 e. The zero-order valence-corrected chi connectivity index (χ0v) is 13.2. The fourth-order valence-electron chi connectivity index (χ4n) is 2.12. The quantitative estimate of drug-likeness (QED) is 0.839. The molecule has 0 fully saturated rings. The Hall–Kier alpha value is -2.18. The van der Waals surface area contributed by atoms with Crippen molar-refractivity contribution in [1.29, 1.82) is 0 Å². The fraction of sp³-hybridized carbons (Fsp3) is 0.571. The van der Waals surface area contributed by atoms with E-state index in [2.05, 4.69) is 50.9 Å². The molecule has 0 atom stereocenters. The van der Waals surface area contributed by atoms with E-state index >= 15 is 0 Å². The topological polar surface area (TPSA) is 71.8 Å². The maximum absolute atomic E-state index is 4.60. The molecule has 2 aromatic rings. The molecule has 0 aliphatic rings. The highest BCUT2D eigenvalue weighted by molar-refractivity contribution is 5.40. The minimum absolute atomic E-state index is 0.597. The molecule has 0 saturated carbocycles. The van der Waals surface area contributed by atoms with Gasteiger partial charge >= 0.3 is 0 Å². The van der Waals surface area contributed by atoms with Crippen LogP contribution in [0, 0.1) is 0 Å². The van der Waals surface area contributed by atoms with Gasteiger partial charge in [0.25, 0.3) is 0 Å². The predicted octanol–water partition coefficient (Wildman–Crippen LogP) is 1.90. The minimum Gasteiger partial charge on any atom is -0.354 e. The summed E-state index contributed by atoms with van der Waals surface area (Å²) < 4.78 is 1.91. The maximum Gasteiger partial charge on any atom is 0.241 e. The zero-order valence-electron chi connectivity index (χ0n) is 13.2. The second-order valence-electron chi connectivity index (χ2n) is 4.53. The van der Waals surface area contributed by atoms with Gasteiger partial charge in [0.05, 0.1) is 0 Å². The highest BCUT2D eigenvalue weighted by Crippen LogP contribution is 2.14. The summed E-state index contributed by atoms with van der Waals surface area (Å²) in [4.78, 5) is 20.0. The lowest BCUT2D eigenvalue weighted by Gasteiger charge is -2.19. The molecular formula is C14H23N7. The summed E-state index contributed by atoms with van der Waals surface area (Å²) in [7, 11) is 0. The van der Waals surface area contributed by atoms with Crippen LogP contribution >= 0.6 is 0 Å². The van der Waals surface area contributed by atoms with Crippen molar-refractivity contribution in [2.45, 2.75) is 34.1 Å². The molecule has 0 spiro atoms. The van der Waals surface area contributed by atoms with Gasteiger partial charge < -0.3 is 10.2 Å². The number of imidazole rings is 1. The van der Waals surface area contributed by atoms with E-state index in [1.54, 1.807) is 6.20 Å². The number of aromatic nitrogens is 5. The van der Waals surface area contributed by atoms with Crippen LogP contribution in [0.15, 0.2) is 12.4 Å². The summed E-state index contributed by atoms with van der Waals surface area (Å²) in [6.07, 6.45) is 4.48. The highest BCUT2D eigenvalue weighted by atomic mass is 15.3. The molecule has 0 radical (unpaired) electrons. The Labute approximate surface area is 125 Å². The molecule has 7 heteroatoms. The van der Waals surface area contributed by atoms with Crippen molar-refractivity contribution >= 4 is 11.9 Å². The second-order valence-corrected chi connectivity index (χ2v) is 4.53. The van der Waals surface area contributed by atoms with Crippen molar-refractivity contribution in [2.24, 2.45) is 0 Å². The van der Waals surface area contributed by atoms with Gasteiger partial charge in [-0.1, -0.05) is 6.92 Å². The van der Waals surface area contributed by atoms with E-state index in [1.165, 1.54) is 0 Å². The highest BCUT2D eigenvalue weighted by Gasteiger charge is 2.13. The molecule has 2 rings (SSSR count). The summed E-state index contributed by atoms with van der Waals surface area (Å²) >= 11 is 0. The monoisotopic (exact) mass is 289 g/mol. The third kappa shape index (κ3) is 3.29. The molecular weight excluding hydrogens is 266 g/mol. The van der Waals surface area contributed by atoms with Gasteiger partial charge in [-0.05, 0) is 20.8 Å². The van der Waals surface area contributed by atoms with E-state index in [1.807, 2.05) is 17.7 Å². The SMILES string of the molecule is CCNc1nc(N(CC)CC)nc(-n2ccnc2CC)n1. The van der Waals surface area contributed by atoms with Crippen LogP contribution < -0.4 is 10.2 Å². The maximum atomic E-state index is 4.60. The average Bonchev–Trinajstić information content (AvgIpc) is 2.97. The number of hydrogen-bond donors (Lipinski definition) is 1. The molecule has 7 nitrogen and oxygen atoms in total.